The molecule has 0 atom stereocenters. The Bertz CT molecular complexity index is 796. The molecule has 134 valence electrons. The van der Waals surface area contributed by atoms with E-state index >= 15 is 0 Å². The number of carboxylic acids is 1. The number of alkyl halides is 3. The number of nitrogens with zero attached hydrogens (tertiary/aromatic N) is 1. The van der Waals surface area contributed by atoms with Crippen molar-refractivity contribution in [3.8, 4) is 5.75 Å². The predicted molar refractivity (Wildman–Crippen MR) is 84.8 cm³/mol. The van der Waals surface area contributed by atoms with Crippen molar-refractivity contribution in [2.45, 2.75) is 11.4 Å². The first-order valence-corrected chi connectivity index (χ1v) is 7.55. The summed E-state index contributed by atoms with van der Waals surface area (Å²) in [6.45, 7) is -0.349. The number of ether oxygens (including phenoxy) is 1. The number of hydrogen-bond acceptors (Lipinski definition) is 6. The Labute approximate surface area is 194 Å². The second-order valence-corrected chi connectivity index (χ2v) is 5.58. The van der Waals surface area contributed by atoms with Gasteiger partial charge in [0.1, 0.15) is 5.03 Å². The molecule has 0 saturated carbocycles. The number of carbonyl (C=O) groups excluding carboxylic acids is 1. The van der Waals surface area contributed by atoms with Gasteiger partial charge in [-0.1, -0.05) is 12.1 Å². The molecule has 1 aromatic heterocycles. The van der Waals surface area contributed by atoms with E-state index in [9.17, 15) is 22.8 Å². The van der Waals surface area contributed by atoms with E-state index in [-0.39, 0.29) is 75.6 Å². The number of para-hydroxylation sites is 2. The van der Waals surface area contributed by atoms with Crippen molar-refractivity contribution in [1.82, 2.24) is 4.98 Å². The Morgan fingerprint density at radius 1 is 1.23 bits per heavy atom. The number of rotatable bonds is 6. The molecule has 2 aromatic rings. The van der Waals surface area contributed by atoms with Gasteiger partial charge >= 0.3 is 63.7 Å². The maximum atomic E-state index is 12.3. The maximum Gasteiger partial charge on any atom is 1.00 e. The topological polar surface area (TPSA) is 88.5 Å². The monoisotopic (exact) mass is 412 g/mol. The summed E-state index contributed by atoms with van der Waals surface area (Å²) in [6.07, 6.45) is -3.52. The third-order valence-corrected chi connectivity index (χ3v) is 3.64. The summed E-state index contributed by atoms with van der Waals surface area (Å²) < 4.78 is 40.9. The molecule has 26 heavy (non-hydrogen) atoms. The van der Waals surface area contributed by atoms with Crippen LogP contribution in [-0.4, -0.2) is 34.1 Å². The Morgan fingerprint density at radius 3 is 2.58 bits per heavy atom. The van der Waals surface area contributed by atoms with Crippen molar-refractivity contribution in [2.24, 2.45) is 0 Å². The number of hydrogen-bond donors (Lipinski definition) is 2. The van der Waals surface area contributed by atoms with E-state index in [1.54, 1.807) is 0 Å². The van der Waals surface area contributed by atoms with Crippen LogP contribution >= 0.6 is 11.8 Å². The molecule has 0 radical (unpaired) electrons. The summed E-state index contributed by atoms with van der Waals surface area (Å²) >= 11 is 0.580. The van der Waals surface area contributed by atoms with Gasteiger partial charge in [-0.15, -0.1) is 13.2 Å². The quantitative estimate of drug-likeness (QED) is 0.528. The number of carbonyl (C=O) groups is 2. The van der Waals surface area contributed by atoms with Crippen LogP contribution < -0.4 is 61.4 Å². The van der Waals surface area contributed by atoms with Crippen LogP contribution in [0.2, 0.25) is 0 Å². The molecule has 0 amide bonds. The third-order valence-electron chi connectivity index (χ3n) is 2.75. The Balaban J connectivity index is 0.00000338. The van der Waals surface area contributed by atoms with Crippen LogP contribution in [0, 0.1) is 0 Å². The van der Waals surface area contributed by atoms with Crippen molar-refractivity contribution < 1.29 is 85.4 Å². The number of thioether (sulfide) groups is 1. The van der Waals surface area contributed by atoms with Gasteiger partial charge in [-0.3, -0.25) is 4.79 Å². The average molecular weight is 412 g/mol. The first-order chi connectivity index (χ1) is 11.8. The number of benzene rings is 1. The molecule has 0 saturated heterocycles. The van der Waals surface area contributed by atoms with E-state index in [2.05, 4.69) is 15.0 Å². The molecule has 1 aromatic carbocycles. The average Bonchev–Trinajstić information content (AvgIpc) is 2.53. The van der Waals surface area contributed by atoms with Gasteiger partial charge in [-0.2, -0.15) is 0 Å². The van der Waals surface area contributed by atoms with Crippen LogP contribution in [-0.2, 0) is 4.79 Å². The summed E-state index contributed by atoms with van der Waals surface area (Å²) in [5.74, 6) is -1.71. The second-order valence-electron chi connectivity index (χ2n) is 4.53. The molecule has 2 N–H and O–H groups in total. The number of aromatic carboxylic acids is 1. The second kappa shape index (κ2) is 10.3. The van der Waals surface area contributed by atoms with Gasteiger partial charge in [0, 0.05) is 6.20 Å². The number of carboxylic acid groups (broad SMARTS) is 1. The smallest absolute Gasteiger partial charge is 1.00 e. The first kappa shape index (κ1) is 22.9. The van der Waals surface area contributed by atoms with Crippen LogP contribution in [0.25, 0.3) is 0 Å². The molecule has 0 aliphatic carbocycles. The molecule has 0 aliphatic heterocycles. The minimum atomic E-state index is -4.86. The van der Waals surface area contributed by atoms with Crippen molar-refractivity contribution in [1.29, 1.82) is 0 Å². The zero-order chi connectivity index (χ0) is 18.4. The summed E-state index contributed by atoms with van der Waals surface area (Å²) in [5, 5.41) is 11.0. The van der Waals surface area contributed by atoms with Crippen molar-refractivity contribution in [2.75, 3.05) is 11.9 Å². The Morgan fingerprint density at radius 2 is 1.92 bits per heavy atom. The maximum absolute atomic E-state index is 12.3. The fourth-order valence-electron chi connectivity index (χ4n) is 1.77. The summed E-state index contributed by atoms with van der Waals surface area (Å²) in [5.41, 5.74) is -0.157. The fourth-order valence-corrected chi connectivity index (χ4v) is 2.51. The van der Waals surface area contributed by atoms with E-state index in [1.807, 2.05) is 0 Å². The van der Waals surface area contributed by atoms with Crippen LogP contribution in [0.5, 0.6) is 5.75 Å². The molecule has 6 nitrogen and oxygen atoms in total. The molecule has 11 heteroatoms. The number of aromatic nitrogens is 1. The molecule has 0 bridgehead atoms. The van der Waals surface area contributed by atoms with Gasteiger partial charge in [0.25, 0.3) is 0 Å². The Hall–Kier alpha value is -1.11. The normalized spacial score (nSPS) is 10.6. The molecule has 0 fully saturated rings. The number of halogens is 3. The molecule has 0 aliphatic rings. The SMILES string of the molecule is O=C(CNc1ccccc1OC(F)(F)F)Sc1ncccc1C(=O)O.[H-].[K+]. The van der Waals surface area contributed by atoms with Crippen LogP contribution in [0.3, 0.4) is 0 Å². The third kappa shape index (κ3) is 7.25. The zero-order valence-corrected chi connectivity index (χ0v) is 17.3. The minimum Gasteiger partial charge on any atom is -1.00 e. The standard InChI is InChI=1S/C15H11F3N2O4S.K.H/c16-15(17,18)24-11-6-2-1-5-10(11)20-8-12(21)25-13-9(14(22)23)4-3-7-19-13;;/h1-7,20H,8H2,(H,22,23);;/q;+1;-1. The van der Waals surface area contributed by atoms with Crippen LogP contribution in [0.15, 0.2) is 47.6 Å². The van der Waals surface area contributed by atoms with Crippen molar-refractivity contribution >= 4 is 28.5 Å². The number of nitrogens with one attached hydrogen (secondary N) is 1. The first-order valence-electron chi connectivity index (χ1n) is 6.74. The summed E-state index contributed by atoms with van der Waals surface area (Å²) in [4.78, 5) is 26.8. The van der Waals surface area contributed by atoms with Gasteiger partial charge < -0.3 is 16.6 Å². The van der Waals surface area contributed by atoms with Crippen LogP contribution in [0.4, 0.5) is 18.9 Å². The minimum absolute atomic E-state index is 0. The number of pyridine rings is 1. The molecule has 1 heterocycles. The number of anilines is 1. The van der Waals surface area contributed by atoms with E-state index in [1.165, 1.54) is 36.5 Å². The molecule has 0 unspecified atom stereocenters. The van der Waals surface area contributed by atoms with Crippen molar-refractivity contribution in [3.63, 3.8) is 0 Å². The van der Waals surface area contributed by atoms with E-state index in [0.717, 1.165) is 6.07 Å². The molecule has 0 spiro atoms. The van der Waals surface area contributed by atoms with Gasteiger partial charge in [-0.05, 0) is 36.0 Å². The van der Waals surface area contributed by atoms with Gasteiger partial charge in [0.15, 0.2) is 5.75 Å². The summed E-state index contributed by atoms with van der Waals surface area (Å²) in [6, 6.07) is 7.98. The van der Waals surface area contributed by atoms with Crippen LogP contribution in [0.1, 0.15) is 11.8 Å². The fraction of sp³-hybridized carbons (Fsp3) is 0.133. The van der Waals surface area contributed by atoms with E-state index in [0.29, 0.717) is 11.8 Å². The Kier molecular flexibility index (Phi) is 9.06. The summed E-state index contributed by atoms with van der Waals surface area (Å²) in [7, 11) is 0. The molecular weight excluding hydrogens is 400 g/mol. The van der Waals surface area contributed by atoms with E-state index < -0.39 is 23.2 Å². The van der Waals surface area contributed by atoms with Gasteiger partial charge in [0.05, 0.1) is 17.8 Å². The molecule has 2 rings (SSSR count). The molecular formula is C15H12F3KN2O4S. The zero-order valence-electron chi connectivity index (χ0n) is 14.4. The van der Waals surface area contributed by atoms with Gasteiger partial charge in [-0.25, -0.2) is 9.78 Å². The largest absolute Gasteiger partial charge is 1.00 e. The van der Waals surface area contributed by atoms with E-state index in [4.69, 9.17) is 5.11 Å². The van der Waals surface area contributed by atoms with Gasteiger partial charge in [0.2, 0.25) is 5.12 Å². The van der Waals surface area contributed by atoms with Crippen molar-refractivity contribution in [3.05, 3.63) is 48.2 Å². The predicted octanol–water partition coefficient (Wildman–Crippen LogP) is 0.526.